The van der Waals surface area contributed by atoms with Crippen LogP contribution in [-0.4, -0.2) is 32.2 Å². The molecule has 1 aromatic rings. The number of hydrogen-bond donors (Lipinski definition) is 2. The summed E-state index contributed by atoms with van der Waals surface area (Å²) in [5, 5.41) is 5.84. The Morgan fingerprint density at radius 1 is 1.29 bits per heavy atom. The monoisotopic (exact) mass is 344 g/mol. The lowest BCUT2D eigenvalue weighted by atomic mass is 9.92. The first-order chi connectivity index (χ1) is 11.2. The Morgan fingerprint density at radius 2 is 2.00 bits per heavy atom. The highest BCUT2D eigenvalue weighted by Crippen LogP contribution is 2.31. The van der Waals surface area contributed by atoms with E-state index in [0.717, 1.165) is 25.2 Å². The quantitative estimate of drug-likeness (QED) is 0.834. The maximum Gasteiger partial charge on any atom is 0.416 e. The van der Waals surface area contributed by atoms with Crippen molar-refractivity contribution in [3.05, 3.63) is 35.4 Å². The number of ether oxygens (including phenoxy) is 1. The van der Waals surface area contributed by atoms with E-state index in [1.165, 1.54) is 6.07 Å². The molecule has 1 saturated heterocycles. The molecule has 1 aliphatic rings. The van der Waals surface area contributed by atoms with Crippen LogP contribution in [0.5, 0.6) is 0 Å². The number of carbonyl (C=O) groups excluding carboxylic acids is 1. The Morgan fingerprint density at radius 3 is 2.62 bits per heavy atom. The number of hydrogen-bond acceptors (Lipinski definition) is 3. The van der Waals surface area contributed by atoms with E-state index in [0.29, 0.717) is 24.6 Å². The summed E-state index contributed by atoms with van der Waals surface area (Å²) < 4.78 is 43.7. The Balaban J connectivity index is 1.89. The van der Waals surface area contributed by atoms with Gasteiger partial charge in [-0.15, -0.1) is 0 Å². The first kappa shape index (κ1) is 18.7. The molecule has 134 valence electrons. The predicted octanol–water partition coefficient (Wildman–Crippen LogP) is 2.68. The molecule has 0 bridgehead atoms. The molecule has 7 heteroatoms. The lowest BCUT2D eigenvalue weighted by Crippen LogP contribution is -2.44. The second kappa shape index (κ2) is 7.53. The molecule has 1 aliphatic heterocycles. The highest BCUT2D eigenvalue weighted by molar-refractivity contribution is 5.78. The third-order valence-corrected chi connectivity index (χ3v) is 4.21. The van der Waals surface area contributed by atoms with Gasteiger partial charge in [0.05, 0.1) is 18.7 Å². The van der Waals surface area contributed by atoms with E-state index in [4.69, 9.17) is 4.74 Å². The van der Waals surface area contributed by atoms with Gasteiger partial charge >= 0.3 is 6.18 Å². The molecular formula is C17H23F3N2O2. The molecule has 1 amide bonds. The third kappa shape index (κ3) is 5.21. The van der Waals surface area contributed by atoms with Gasteiger partial charge in [0.1, 0.15) is 0 Å². The minimum atomic E-state index is -4.38. The molecule has 0 aromatic heterocycles. The van der Waals surface area contributed by atoms with Gasteiger partial charge in [-0.2, -0.15) is 13.2 Å². The van der Waals surface area contributed by atoms with Gasteiger partial charge in [-0.05, 0) is 38.0 Å². The number of carbonyl (C=O) groups is 1. The summed E-state index contributed by atoms with van der Waals surface area (Å²) in [6, 6.07) is 5.15. The SMILES string of the molecule is CC(C)(NCC(=O)NC[C@H]1CCOC1)c1cccc(C(F)(F)F)c1. The van der Waals surface area contributed by atoms with Crippen molar-refractivity contribution >= 4 is 5.91 Å². The normalized spacial score (nSPS) is 18.6. The van der Waals surface area contributed by atoms with Gasteiger partial charge in [-0.3, -0.25) is 10.1 Å². The summed E-state index contributed by atoms with van der Waals surface area (Å²) in [6.07, 6.45) is -3.45. The molecule has 4 nitrogen and oxygen atoms in total. The van der Waals surface area contributed by atoms with Crippen LogP contribution in [0.2, 0.25) is 0 Å². The lowest BCUT2D eigenvalue weighted by molar-refractivity contribution is -0.137. The molecule has 0 radical (unpaired) electrons. The number of benzene rings is 1. The molecule has 24 heavy (non-hydrogen) atoms. The smallest absolute Gasteiger partial charge is 0.381 e. The maximum absolute atomic E-state index is 12.8. The summed E-state index contributed by atoms with van der Waals surface area (Å²) >= 11 is 0. The first-order valence-corrected chi connectivity index (χ1v) is 7.96. The second-order valence-corrected chi connectivity index (χ2v) is 6.59. The van der Waals surface area contributed by atoms with E-state index in [2.05, 4.69) is 10.6 Å². The minimum Gasteiger partial charge on any atom is -0.381 e. The highest BCUT2D eigenvalue weighted by atomic mass is 19.4. The van der Waals surface area contributed by atoms with Crippen LogP contribution in [0.15, 0.2) is 24.3 Å². The number of halogens is 3. The zero-order chi connectivity index (χ0) is 17.8. The third-order valence-electron chi connectivity index (χ3n) is 4.21. The number of amides is 1. The molecule has 1 aromatic carbocycles. The van der Waals surface area contributed by atoms with Gasteiger partial charge in [-0.25, -0.2) is 0 Å². The van der Waals surface area contributed by atoms with Gasteiger partial charge in [0, 0.05) is 24.6 Å². The Hall–Kier alpha value is -1.60. The van der Waals surface area contributed by atoms with Crippen molar-refractivity contribution in [2.24, 2.45) is 5.92 Å². The van der Waals surface area contributed by atoms with Gasteiger partial charge < -0.3 is 10.1 Å². The Kier molecular flexibility index (Phi) is 5.87. The summed E-state index contributed by atoms with van der Waals surface area (Å²) in [4.78, 5) is 11.9. The summed E-state index contributed by atoms with van der Waals surface area (Å²) in [7, 11) is 0. The molecule has 1 fully saturated rings. The molecular weight excluding hydrogens is 321 g/mol. The van der Waals surface area contributed by atoms with E-state index >= 15 is 0 Å². The van der Waals surface area contributed by atoms with Crippen molar-refractivity contribution in [1.29, 1.82) is 0 Å². The standard InChI is InChI=1S/C17H23F3N2O2/c1-16(2,13-4-3-5-14(8-13)17(18,19)20)22-10-15(23)21-9-12-6-7-24-11-12/h3-5,8,12,22H,6-7,9-11H2,1-2H3,(H,21,23)/t12-/m1/s1. The van der Waals surface area contributed by atoms with E-state index < -0.39 is 17.3 Å². The van der Waals surface area contributed by atoms with E-state index in [1.54, 1.807) is 19.9 Å². The minimum absolute atomic E-state index is 0.0385. The van der Waals surface area contributed by atoms with Gasteiger partial charge in [0.25, 0.3) is 0 Å². The van der Waals surface area contributed by atoms with Crippen LogP contribution in [0, 0.1) is 5.92 Å². The predicted molar refractivity (Wildman–Crippen MR) is 84.4 cm³/mol. The average Bonchev–Trinajstić information content (AvgIpc) is 3.04. The molecule has 0 aliphatic carbocycles. The fourth-order valence-corrected chi connectivity index (χ4v) is 2.55. The number of alkyl halides is 3. The summed E-state index contributed by atoms with van der Waals surface area (Å²) in [5.74, 6) is 0.160. The van der Waals surface area contributed by atoms with Gasteiger partial charge in [-0.1, -0.05) is 12.1 Å². The Bertz CT molecular complexity index is 567. The van der Waals surface area contributed by atoms with Gasteiger partial charge in [0.2, 0.25) is 5.91 Å². The fraction of sp³-hybridized carbons (Fsp3) is 0.588. The van der Waals surface area contributed by atoms with Crippen molar-refractivity contribution in [1.82, 2.24) is 10.6 Å². The van der Waals surface area contributed by atoms with E-state index in [9.17, 15) is 18.0 Å². The molecule has 0 unspecified atom stereocenters. The molecule has 2 N–H and O–H groups in total. The van der Waals surface area contributed by atoms with Crippen LogP contribution in [-0.2, 0) is 21.2 Å². The second-order valence-electron chi connectivity index (χ2n) is 6.59. The fourth-order valence-electron chi connectivity index (χ4n) is 2.55. The molecule has 0 saturated carbocycles. The molecule has 2 rings (SSSR count). The van der Waals surface area contributed by atoms with Crippen molar-refractivity contribution in [2.45, 2.75) is 32.0 Å². The van der Waals surface area contributed by atoms with E-state index in [1.807, 2.05) is 0 Å². The summed E-state index contributed by atoms with van der Waals surface area (Å²) in [6.45, 7) is 5.48. The largest absolute Gasteiger partial charge is 0.416 e. The van der Waals surface area contributed by atoms with Crippen LogP contribution in [0.4, 0.5) is 13.2 Å². The van der Waals surface area contributed by atoms with E-state index in [-0.39, 0.29) is 12.5 Å². The van der Waals surface area contributed by atoms with Crippen molar-refractivity contribution in [2.75, 3.05) is 26.3 Å². The van der Waals surface area contributed by atoms with Crippen LogP contribution < -0.4 is 10.6 Å². The first-order valence-electron chi connectivity index (χ1n) is 7.96. The lowest BCUT2D eigenvalue weighted by Gasteiger charge is -2.27. The summed E-state index contributed by atoms with van der Waals surface area (Å²) in [5.41, 5.74) is -0.968. The molecule has 0 spiro atoms. The molecule has 1 atom stereocenters. The maximum atomic E-state index is 12.8. The van der Waals surface area contributed by atoms with Crippen LogP contribution >= 0.6 is 0 Å². The van der Waals surface area contributed by atoms with Crippen molar-refractivity contribution < 1.29 is 22.7 Å². The molecule has 1 heterocycles. The highest BCUT2D eigenvalue weighted by Gasteiger charge is 2.32. The number of rotatable bonds is 6. The Labute approximate surface area is 139 Å². The van der Waals surface area contributed by atoms with Crippen LogP contribution in [0.25, 0.3) is 0 Å². The van der Waals surface area contributed by atoms with Crippen molar-refractivity contribution in [3.63, 3.8) is 0 Å². The van der Waals surface area contributed by atoms with Crippen molar-refractivity contribution in [3.8, 4) is 0 Å². The van der Waals surface area contributed by atoms with Crippen LogP contribution in [0.1, 0.15) is 31.4 Å². The number of nitrogens with one attached hydrogen (secondary N) is 2. The topological polar surface area (TPSA) is 50.4 Å². The zero-order valence-electron chi connectivity index (χ0n) is 13.9. The average molecular weight is 344 g/mol. The van der Waals surface area contributed by atoms with Gasteiger partial charge in [0.15, 0.2) is 0 Å². The zero-order valence-corrected chi connectivity index (χ0v) is 13.9. The van der Waals surface area contributed by atoms with Crippen LogP contribution in [0.3, 0.4) is 0 Å².